The number of nitrogens with zero attached hydrogens (tertiary/aromatic N) is 2. The van der Waals surface area contributed by atoms with Crippen LogP contribution in [0.15, 0.2) is 59.1 Å². The van der Waals surface area contributed by atoms with Gasteiger partial charge >= 0.3 is 0 Å². The Labute approximate surface area is 144 Å². The number of benzene rings is 2. The fourth-order valence-corrected chi connectivity index (χ4v) is 3.07. The third-order valence-corrected chi connectivity index (χ3v) is 4.73. The van der Waals surface area contributed by atoms with E-state index in [1.165, 1.54) is 0 Å². The van der Waals surface area contributed by atoms with Gasteiger partial charge in [0.2, 0.25) is 17.6 Å². The molecule has 5 nitrogen and oxygen atoms in total. The van der Waals surface area contributed by atoms with E-state index in [1.807, 2.05) is 55.5 Å². The standard InChI is InChI=1S/C18H17N3O2S/c1-12(24-11-13-6-5-9-15(10-13)16(19)22)18-20-17(21-23-18)14-7-3-2-4-8-14/h2-10,12H,11H2,1H3,(H2,19,22)/t12-/m0/s1. The molecule has 122 valence electrons. The maximum atomic E-state index is 11.2. The average Bonchev–Trinajstić information content (AvgIpc) is 3.11. The molecule has 1 aromatic heterocycles. The van der Waals surface area contributed by atoms with Crippen molar-refractivity contribution in [2.24, 2.45) is 5.73 Å². The molecule has 1 heterocycles. The molecule has 0 unspecified atom stereocenters. The van der Waals surface area contributed by atoms with Crippen molar-refractivity contribution in [1.29, 1.82) is 0 Å². The predicted molar refractivity (Wildman–Crippen MR) is 94.4 cm³/mol. The maximum absolute atomic E-state index is 11.2. The van der Waals surface area contributed by atoms with Gasteiger partial charge in [0.05, 0.1) is 5.25 Å². The summed E-state index contributed by atoms with van der Waals surface area (Å²) in [6.07, 6.45) is 0. The first kappa shape index (κ1) is 16.3. The van der Waals surface area contributed by atoms with E-state index >= 15 is 0 Å². The van der Waals surface area contributed by atoms with E-state index in [9.17, 15) is 4.79 Å². The van der Waals surface area contributed by atoms with Crippen molar-refractivity contribution >= 4 is 17.7 Å². The van der Waals surface area contributed by atoms with Gasteiger partial charge in [0.25, 0.3) is 0 Å². The normalized spacial score (nSPS) is 12.0. The molecule has 0 aliphatic rings. The van der Waals surface area contributed by atoms with Crippen molar-refractivity contribution < 1.29 is 9.32 Å². The highest BCUT2D eigenvalue weighted by atomic mass is 32.2. The van der Waals surface area contributed by atoms with Crippen LogP contribution in [-0.2, 0) is 5.75 Å². The molecule has 1 atom stereocenters. The topological polar surface area (TPSA) is 82.0 Å². The Kier molecular flexibility index (Phi) is 4.96. The first-order chi connectivity index (χ1) is 11.6. The van der Waals surface area contributed by atoms with Gasteiger partial charge in [-0.2, -0.15) is 4.98 Å². The molecule has 0 saturated carbocycles. The lowest BCUT2D eigenvalue weighted by Crippen LogP contribution is -2.10. The first-order valence-corrected chi connectivity index (χ1v) is 8.58. The molecule has 0 saturated heterocycles. The average molecular weight is 339 g/mol. The highest BCUT2D eigenvalue weighted by molar-refractivity contribution is 7.98. The highest BCUT2D eigenvalue weighted by Crippen LogP contribution is 2.31. The minimum Gasteiger partial charge on any atom is -0.366 e. The zero-order chi connectivity index (χ0) is 16.9. The van der Waals surface area contributed by atoms with Crippen LogP contribution in [0, 0.1) is 0 Å². The SMILES string of the molecule is C[C@H](SCc1cccc(C(N)=O)c1)c1nc(-c2ccccc2)no1. The number of primary amides is 1. The van der Waals surface area contributed by atoms with E-state index < -0.39 is 5.91 Å². The van der Waals surface area contributed by atoms with Crippen LogP contribution >= 0.6 is 11.8 Å². The minimum absolute atomic E-state index is 0.0483. The molecule has 0 fully saturated rings. The van der Waals surface area contributed by atoms with Gasteiger partial charge in [-0.05, 0) is 24.6 Å². The van der Waals surface area contributed by atoms with Crippen molar-refractivity contribution in [2.45, 2.75) is 17.9 Å². The van der Waals surface area contributed by atoms with E-state index in [0.29, 0.717) is 17.3 Å². The Morgan fingerprint density at radius 3 is 2.75 bits per heavy atom. The molecule has 2 N–H and O–H groups in total. The summed E-state index contributed by atoms with van der Waals surface area (Å²) in [5.41, 5.74) is 7.79. The number of rotatable bonds is 6. The van der Waals surface area contributed by atoms with Crippen LogP contribution in [0.25, 0.3) is 11.4 Å². The van der Waals surface area contributed by atoms with Gasteiger partial charge in [-0.15, -0.1) is 11.8 Å². The Balaban J connectivity index is 1.65. The smallest absolute Gasteiger partial charge is 0.248 e. The number of carbonyl (C=O) groups excluding carboxylic acids is 1. The lowest BCUT2D eigenvalue weighted by Gasteiger charge is -2.07. The van der Waals surface area contributed by atoms with Crippen molar-refractivity contribution in [3.05, 3.63) is 71.6 Å². The third kappa shape index (κ3) is 3.83. The number of hydrogen-bond donors (Lipinski definition) is 1. The summed E-state index contributed by atoms with van der Waals surface area (Å²) in [5.74, 6) is 1.49. The number of carbonyl (C=O) groups is 1. The molecule has 1 amide bonds. The summed E-state index contributed by atoms with van der Waals surface area (Å²) in [6.45, 7) is 2.02. The molecule has 0 aliphatic heterocycles. The van der Waals surface area contributed by atoms with Gasteiger partial charge in [0.1, 0.15) is 0 Å². The maximum Gasteiger partial charge on any atom is 0.248 e. The second-order valence-corrected chi connectivity index (χ2v) is 6.67. The lowest BCUT2D eigenvalue weighted by atomic mass is 10.1. The second-order valence-electron chi connectivity index (χ2n) is 5.34. The zero-order valence-corrected chi connectivity index (χ0v) is 14.0. The zero-order valence-electron chi connectivity index (χ0n) is 13.2. The van der Waals surface area contributed by atoms with Gasteiger partial charge in [0.15, 0.2) is 0 Å². The van der Waals surface area contributed by atoms with Crippen molar-refractivity contribution in [3.8, 4) is 11.4 Å². The lowest BCUT2D eigenvalue weighted by molar-refractivity contribution is 0.1000. The van der Waals surface area contributed by atoms with Crippen molar-refractivity contribution in [2.75, 3.05) is 0 Å². The molecule has 0 spiro atoms. The summed E-state index contributed by atoms with van der Waals surface area (Å²) in [6, 6.07) is 17.0. The molecule has 3 rings (SSSR count). The summed E-state index contributed by atoms with van der Waals surface area (Å²) >= 11 is 1.66. The molecule has 0 aliphatic carbocycles. The predicted octanol–water partition coefficient (Wildman–Crippen LogP) is 3.83. The number of thioether (sulfide) groups is 1. The Morgan fingerprint density at radius 2 is 2.00 bits per heavy atom. The van der Waals surface area contributed by atoms with Crippen LogP contribution in [0.4, 0.5) is 0 Å². The van der Waals surface area contributed by atoms with E-state index in [4.69, 9.17) is 10.3 Å². The third-order valence-electron chi connectivity index (χ3n) is 3.53. The summed E-state index contributed by atoms with van der Waals surface area (Å²) in [4.78, 5) is 15.7. The molecule has 0 radical (unpaired) electrons. The van der Waals surface area contributed by atoms with Gasteiger partial charge in [-0.25, -0.2) is 0 Å². The van der Waals surface area contributed by atoms with Crippen LogP contribution in [0.1, 0.15) is 34.0 Å². The monoisotopic (exact) mass is 339 g/mol. The Morgan fingerprint density at radius 1 is 1.21 bits per heavy atom. The van der Waals surface area contributed by atoms with Crippen molar-refractivity contribution in [3.63, 3.8) is 0 Å². The minimum atomic E-state index is -0.417. The fraction of sp³-hybridized carbons (Fsp3) is 0.167. The van der Waals surface area contributed by atoms with Crippen LogP contribution in [0.2, 0.25) is 0 Å². The Bertz CT molecular complexity index is 833. The molecule has 3 aromatic rings. The fourth-order valence-electron chi connectivity index (χ4n) is 2.21. The highest BCUT2D eigenvalue weighted by Gasteiger charge is 2.16. The number of amides is 1. The quantitative estimate of drug-likeness (QED) is 0.738. The van der Waals surface area contributed by atoms with E-state index in [-0.39, 0.29) is 5.25 Å². The van der Waals surface area contributed by atoms with E-state index in [2.05, 4.69) is 10.1 Å². The van der Waals surface area contributed by atoms with E-state index in [0.717, 1.165) is 16.9 Å². The largest absolute Gasteiger partial charge is 0.366 e. The molecular formula is C18H17N3O2S. The second kappa shape index (κ2) is 7.31. The molecule has 24 heavy (non-hydrogen) atoms. The molecular weight excluding hydrogens is 322 g/mol. The molecule has 0 bridgehead atoms. The number of nitrogens with two attached hydrogens (primary N) is 1. The van der Waals surface area contributed by atoms with Crippen LogP contribution < -0.4 is 5.73 Å². The molecule has 2 aromatic carbocycles. The van der Waals surface area contributed by atoms with E-state index in [1.54, 1.807) is 17.8 Å². The summed E-state index contributed by atoms with van der Waals surface area (Å²) in [5, 5.41) is 4.09. The van der Waals surface area contributed by atoms with Crippen LogP contribution in [-0.4, -0.2) is 16.0 Å². The van der Waals surface area contributed by atoms with Gasteiger partial charge in [0, 0.05) is 16.9 Å². The number of aromatic nitrogens is 2. The summed E-state index contributed by atoms with van der Waals surface area (Å²) in [7, 11) is 0. The van der Waals surface area contributed by atoms with Crippen molar-refractivity contribution in [1.82, 2.24) is 10.1 Å². The Hall–Kier alpha value is -2.60. The number of hydrogen-bond acceptors (Lipinski definition) is 5. The molecule has 6 heteroatoms. The van der Waals surface area contributed by atoms with Crippen LogP contribution in [0.5, 0.6) is 0 Å². The van der Waals surface area contributed by atoms with Gasteiger partial charge in [-0.1, -0.05) is 47.6 Å². The first-order valence-electron chi connectivity index (χ1n) is 7.53. The van der Waals surface area contributed by atoms with Crippen LogP contribution in [0.3, 0.4) is 0 Å². The van der Waals surface area contributed by atoms with Gasteiger partial charge < -0.3 is 10.3 Å². The van der Waals surface area contributed by atoms with Gasteiger partial charge in [-0.3, -0.25) is 4.79 Å². The summed E-state index contributed by atoms with van der Waals surface area (Å²) < 4.78 is 5.38.